The Morgan fingerprint density at radius 2 is 1.76 bits per heavy atom. The minimum absolute atomic E-state index is 0.195. The third-order valence-electron chi connectivity index (χ3n) is 4.54. The summed E-state index contributed by atoms with van der Waals surface area (Å²) in [6, 6.07) is 9.64. The van der Waals surface area contributed by atoms with Gasteiger partial charge in [-0.15, -0.1) is 0 Å². The van der Waals surface area contributed by atoms with Gasteiger partial charge in [-0.1, -0.05) is 22.0 Å². The molecule has 1 heterocycles. The van der Waals surface area contributed by atoms with E-state index in [4.69, 9.17) is 9.47 Å². The summed E-state index contributed by atoms with van der Waals surface area (Å²) in [4.78, 5) is 4.56. The lowest BCUT2D eigenvalue weighted by molar-refractivity contribution is 0.392. The van der Waals surface area contributed by atoms with Gasteiger partial charge in [0.2, 0.25) is 10.0 Å². The summed E-state index contributed by atoms with van der Waals surface area (Å²) in [5, 5.41) is 0. The van der Waals surface area contributed by atoms with E-state index < -0.39 is 16.1 Å². The van der Waals surface area contributed by atoms with Gasteiger partial charge in [-0.25, -0.2) is 13.4 Å². The number of hydrogen-bond acceptors (Lipinski definition) is 5. The number of methoxy groups -OCH3 is 2. The number of halogens is 1. The normalized spacial score (nSPS) is 12.6. The molecular weight excluding hydrogens is 458 g/mol. The summed E-state index contributed by atoms with van der Waals surface area (Å²) in [5.74, 6) is 1.64. The SMILES string of the molecule is COc1cc(OC)cc(C(NS(=O)(=O)c2cc(Br)ccc2C)c2nccn2C)c1. The summed E-state index contributed by atoms with van der Waals surface area (Å²) in [7, 11) is 1.04. The average Bonchev–Trinajstić information content (AvgIpc) is 3.13. The maximum Gasteiger partial charge on any atom is 0.241 e. The Morgan fingerprint density at radius 1 is 1.10 bits per heavy atom. The van der Waals surface area contributed by atoms with Crippen molar-refractivity contribution in [2.75, 3.05) is 14.2 Å². The highest BCUT2D eigenvalue weighted by molar-refractivity contribution is 9.10. The van der Waals surface area contributed by atoms with Crippen LogP contribution in [0.1, 0.15) is 23.0 Å². The number of ether oxygens (including phenoxy) is 2. The van der Waals surface area contributed by atoms with Crippen LogP contribution < -0.4 is 14.2 Å². The number of imidazole rings is 1. The van der Waals surface area contributed by atoms with Crippen LogP contribution in [-0.2, 0) is 17.1 Å². The fraction of sp³-hybridized carbons (Fsp3) is 0.250. The van der Waals surface area contributed by atoms with Crippen LogP contribution in [0.4, 0.5) is 0 Å². The predicted octanol–water partition coefficient (Wildman–Crippen LogP) is 3.58. The number of sulfonamides is 1. The highest BCUT2D eigenvalue weighted by Gasteiger charge is 2.28. The van der Waals surface area contributed by atoms with Crippen molar-refractivity contribution in [2.24, 2.45) is 7.05 Å². The van der Waals surface area contributed by atoms with Gasteiger partial charge in [-0.2, -0.15) is 4.72 Å². The van der Waals surface area contributed by atoms with Crippen molar-refractivity contribution in [1.82, 2.24) is 14.3 Å². The Bertz CT molecular complexity index is 1110. The van der Waals surface area contributed by atoms with Crippen LogP contribution in [0.3, 0.4) is 0 Å². The van der Waals surface area contributed by atoms with Crippen LogP contribution in [-0.4, -0.2) is 32.2 Å². The summed E-state index contributed by atoms with van der Waals surface area (Å²) < 4.78 is 42.5. The van der Waals surface area contributed by atoms with E-state index in [2.05, 4.69) is 25.6 Å². The smallest absolute Gasteiger partial charge is 0.241 e. The molecule has 0 radical (unpaired) electrons. The lowest BCUT2D eigenvalue weighted by Crippen LogP contribution is -2.31. The lowest BCUT2D eigenvalue weighted by atomic mass is 10.1. The molecule has 0 amide bonds. The molecule has 1 unspecified atom stereocenters. The molecule has 3 aromatic rings. The number of aromatic nitrogens is 2. The van der Waals surface area contributed by atoms with Crippen LogP contribution in [0.25, 0.3) is 0 Å². The van der Waals surface area contributed by atoms with Crippen molar-refractivity contribution in [3.05, 3.63) is 70.2 Å². The van der Waals surface area contributed by atoms with Gasteiger partial charge in [0.05, 0.1) is 19.1 Å². The molecule has 3 rings (SSSR count). The first-order valence-electron chi connectivity index (χ1n) is 8.74. The molecular formula is C20H22BrN3O4S. The van der Waals surface area contributed by atoms with Gasteiger partial charge in [0.15, 0.2) is 0 Å². The van der Waals surface area contributed by atoms with Crippen LogP contribution in [0.2, 0.25) is 0 Å². The first-order chi connectivity index (χ1) is 13.7. The lowest BCUT2D eigenvalue weighted by Gasteiger charge is -2.21. The Labute approximate surface area is 178 Å². The largest absolute Gasteiger partial charge is 0.497 e. The van der Waals surface area contributed by atoms with Crippen LogP contribution in [0.15, 0.2) is 58.2 Å². The molecule has 29 heavy (non-hydrogen) atoms. The molecule has 1 N–H and O–H groups in total. The predicted molar refractivity (Wildman–Crippen MR) is 114 cm³/mol. The van der Waals surface area contributed by atoms with Crippen molar-refractivity contribution in [3.63, 3.8) is 0 Å². The number of nitrogens with one attached hydrogen (secondary N) is 1. The zero-order valence-electron chi connectivity index (χ0n) is 16.5. The Hall–Kier alpha value is -2.36. The fourth-order valence-electron chi connectivity index (χ4n) is 3.00. The third kappa shape index (κ3) is 4.63. The molecule has 0 saturated carbocycles. The van der Waals surface area contributed by atoms with Gasteiger partial charge >= 0.3 is 0 Å². The molecule has 9 heteroatoms. The molecule has 1 aromatic heterocycles. The quantitative estimate of drug-likeness (QED) is 0.559. The van der Waals surface area contributed by atoms with Crippen molar-refractivity contribution >= 4 is 26.0 Å². The molecule has 0 saturated heterocycles. The molecule has 0 aliphatic heterocycles. The summed E-state index contributed by atoms with van der Waals surface area (Å²) in [6.07, 6.45) is 3.39. The van der Waals surface area contributed by atoms with Gasteiger partial charge in [0.25, 0.3) is 0 Å². The van der Waals surface area contributed by atoms with Crippen molar-refractivity contribution in [2.45, 2.75) is 17.9 Å². The minimum Gasteiger partial charge on any atom is -0.497 e. The maximum absolute atomic E-state index is 13.3. The second-order valence-electron chi connectivity index (χ2n) is 6.51. The fourth-order valence-corrected chi connectivity index (χ4v) is 4.97. The molecule has 0 bridgehead atoms. The van der Waals surface area contributed by atoms with E-state index >= 15 is 0 Å². The van der Waals surface area contributed by atoms with Gasteiger partial charge in [-0.3, -0.25) is 0 Å². The van der Waals surface area contributed by atoms with E-state index in [9.17, 15) is 8.42 Å². The van der Waals surface area contributed by atoms with Crippen molar-refractivity contribution in [3.8, 4) is 11.5 Å². The Balaban J connectivity index is 2.13. The van der Waals surface area contributed by atoms with E-state index in [1.807, 2.05) is 7.05 Å². The van der Waals surface area contributed by atoms with Gasteiger partial charge in [-0.05, 0) is 42.3 Å². The van der Waals surface area contributed by atoms with Crippen molar-refractivity contribution in [1.29, 1.82) is 0 Å². The summed E-state index contributed by atoms with van der Waals surface area (Å²) in [6.45, 7) is 1.76. The number of nitrogens with zero attached hydrogens (tertiary/aromatic N) is 2. The monoisotopic (exact) mass is 479 g/mol. The van der Waals surface area contributed by atoms with Gasteiger partial charge in [0, 0.05) is 30.0 Å². The maximum atomic E-state index is 13.3. The molecule has 2 aromatic carbocycles. The first kappa shape index (κ1) is 21.4. The number of hydrogen-bond donors (Lipinski definition) is 1. The Kier molecular flexibility index (Phi) is 6.30. The molecule has 0 aliphatic rings. The zero-order chi connectivity index (χ0) is 21.2. The van der Waals surface area contributed by atoms with E-state index in [1.165, 1.54) is 0 Å². The number of aryl methyl sites for hydroxylation is 2. The van der Waals surface area contributed by atoms with Crippen molar-refractivity contribution < 1.29 is 17.9 Å². The standard InChI is InChI=1S/C20H22BrN3O4S/c1-13-5-6-15(21)11-18(13)29(25,26)23-19(20-22-7-8-24(20)2)14-9-16(27-3)12-17(10-14)28-4/h5-12,19,23H,1-4H3. The van der Waals surface area contributed by atoms with E-state index in [0.717, 1.165) is 0 Å². The molecule has 1 atom stereocenters. The average molecular weight is 480 g/mol. The highest BCUT2D eigenvalue weighted by atomic mass is 79.9. The van der Waals surface area contributed by atoms with Crippen LogP contribution in [0.5, 0.6) is 11.5 Å². The van der Waals surface area contributed by atoms with Crippen LogP contribution >= 0.6 is 15.9 Å². The van der Waals surface area contributed by atoms with E-state index in [-0.39, 0.29) is 4.90 Å². The second-order valence-corrected chi connectivity index (χ2v) is 9.10. The topological polar surface area (TPSA) is 82.4 Å². The molecule has 0 fully saturated rings. The van der Waals surface area contributed by atoms with Gasteiger partial charge in [0.1, 0.15) is 23.4 Å². The Morgan fingerprint density at radius 3 is 2.31 bits per heavy atom. The summed E-state index contributed by atoms with van der Waals surface area (Å²) >= 11 is 3.35. The van der Waals surface area contributed by atoms with E-state index in [1.54, 1.807) is 74.5 Å². The molecule has 0 spiro atoms. The number of rotatable bonds is 7. The second kappa shape index (κ2) is 8.56. The highest BCUT2D eigenvalue weighted by Crippen LogP contribution is 2.31. The molecule has 7 nitrogen and oxygen atoms in total. The number of benzene rings is 2. The van der Waals surface area contributed by atoms with Crippen LogP contribution in [0, 0.1) is 6.92 Å². The minimum atomic E-state index is -3.86. The van der Waals surface area contributed by atoms with E-state index in [0.29, 0.717) is 32.9 Å². The zero-order valence-corrected chi connectivity index (χ0v) is 18.9. The third-order valence-corrected chi connectivity index (χ3v) is 6.59. The molecule has 154 valence electrons. The first-order valence-corrected chi connectivity index (χ1v) is 11.0. The van der Waals surface area contributed by atoms with Gasteiger partial charge < -0.3 is 14.0 Å². The molecule has 0 aliphatic carbocycles. The summed E-state index contributed by atoms with van der Waals surface area (Å²) in [5.41, 5.74) is 1.29.